The number of nitrogens with zero attached hydrogens (tertiary/aromatic N) is 3. The molecule has 3 rings (SSSR count). The lowest BCUT2D eigenvalue weighted by molar-refractivity contribution is -0.0823. The Morgan fingerprint density at radius 2 is 1.93 bits per heavy atom. The van der Waals surface area contributed by atoms with Crippen molar-refractivity contribution in [2.24, 2.45) is 0 Å². The summed E-state index contributed by atoms with van der Waals surface area (Å²) in [5.41, 5.74) is -2.01. The lowest BCUT2D eigenvalue weighted by atomic mass is 9.61. The molecule has 1 unspecified atom stereocenters. The van der Waals surface area contributed by atoms with Crippen LogP contribution in [-0.2, 0) is 14.9 Å². The molecule has 0 aromatic carbocycles. The molecule has 150 valence electrons. The summed E-state index contributed by atoms with van der Waals surface area (Å²) >= 11 is 3.24. The Morgan fingerprint density at radius 1 is 1.29 bits per heavy atom. The van der Waals surface area contributed by atoms with Gasteiger partial charge in [-0.2, -0.15) is 0 Å². The lowest BCUT2D eigenvalue weighted by Gasteiger charge is -2.47. The van der Waals surface area contributed by atoms with Gasteiger partial charge in [0, 0.05) is 18.6 Å². The fourth-order valence-corrected chi connectivity index (χ4v) is 3.46. The predicted octanol–water partition coefficient (Wildman–Crippen LogP) is 4.84. The molecule has 2 aromatic heterocycles. The minimum Gasteiger partial charge on any atom is -0.429 e. The molecule has 0 N–H and O–H groups in total. The van der Waals surface area contributed by atoms with Crippen LogP contribution in [0.2, 0.25) is 0 Å². The van der Waals surface area contributed by atoms with Crippen LogP contribution in [0.4, 0.5) is 13.6 Å². The number of pyridine rings is 1. The third kappa shape index (κ3) is 4.29. The van der Waals surface area contributed by atoms with E-state index in [-0.39, 0.29) is 24.4 Å². The summed E-state index contributed by atoms with van der Waals surface area (Å²) < 4.78 is 40.0. The highest BCUT2D eigenvalue weighted by atomic mass is 79.9. The van der Waals surface area contributed by atoms with Gasteiger partial charge < -0.3 is 9.47 Å². The number of hydrogen-bond acceptors (Lipinski definition) is 6. The van der Waals surface area contributed by atoms with Crippen LogP contribution >= 0.6 is 15.9 Å². The first-order chi connectivity index (χ1) is 13.1. The molecule has 0 saturated heterocycles. The number of ether oxygens (including phenoxy) is 2. The van der Waals surface area contributed by atoms with Gasteiger partial charge in [-0.1, -0.05) is 0 Å². The van der Waals surface area contributed by atoms with E-state index in [0.717, 1.165) is 0 Å². The standard InChI is InChI=1S/C19H20BrF2N3O3/c1-18(2,3)28-17(26)27-15(16-24-9-11(20)10-25-16)19(7-12(21)8-19)14-13(22)5-4-6-23-14/h4-6,9-10,12,15H,7-8H2,1-3H3. The molecule has 0 spiro atoms. The van der Waals surface area contributed by atoms with E-state index in [1.54, 1.807) is 20.8 Å². The first-order valence-electron chi connectivity index (χ1n) is 8.73. The van der Waals surface area contributed by atoms with E-state index >= 15 is 0 Å². The van der Waals surface area contributed by atoms with E-state index in [0.29, 0.717) is 4.47 Å². The van der Waals surface area contributed by atoms with E-state index in [2.05, 4.69) is 30.9 Å². The lowest BCUT2D eigenvalue weighted by Crippen LogP contribution is -2.50. The zero-order valence-corrected chi connectivity index (χ0v) is 17.2. The molecule has 0 bridgehead atoms. The summed E-state index contributed by atoms with van der Waals surface area (Å²) in [6.45, 7) is 5.07. The SMILES string of the molecule is CC(C)(C)OC(=O)OC(c1ncc(Br)cn1)C1(c2ncccc2F)CC(F)C1. The van der Waals surface area contributed by atoms with Gasteiger partial charge in [-0.15, -0.1) is 0 Å². The minimum absolute atomic E-state index is 0.0176. The minimum atomic E-state index is -1.23. The Balaban J connectivity index is 2.04. The molecule has 0 amide bonds. The van der Waals surface area contributed by atoms with Gasteiger partial charge >= 0.3 is 6.16 Å². The molecule has 28 heavy (non-hydrogen) atoms. The molecular weight excluding hydrogens is 436 g/mol. The number of carbonyl (C=O) groups is 1. The van der Waals surface area contributed by atoms with Crippen LogP contribution in [0.5, 0.6) is 0 Å². The molecule has 0 aliphatic heterocycles. The molecular formula is C19H20BrF2N3O3. The summed E-state index contributed by atoms with van der Waals surface area (Å²) in [6.07, 6.45) is 0.903. The molecule has 9 heteroatoms. The van der Waals surface area contributed by atoms with Crippen molar-refractivity contribution in [3.8, 4) is 0 Å². The first kappa shape index (κ1) is 20.6. The number of aromatic nitrogens is 3. The van der Waals surface area contributed by atoms with Gasteiger partial charge in [0.2, 0.25) is 0 Å². The second kappa shape index (κ2) is 7.69. The molecule has 1 aliphatic rings. The summed E-state index contributed by atoms with van der Waals surface area (Å²) in [7, 11) is 0. The van der Waals surface area contributed by atoms with Crippen molar-refractivity contribution in [1.29, 1.82) is 0 Å². The third-order valence-electron chi connectivity index (χ3n) is 4.38. The third-order valence-corrected chi connectivity index (χ3v) is 4.79. The van der Waals surface area contributed by atoms with Gasteiger partial charge in [0.1, 0.15) is 17.6 Å². The number of alkyl halides is 1. The zero-order chi connectivity index (χ0) is 20.5. The maximum Gasteiger partial charge on any atom is 0.509 e. The molecule has 0 radical (unpaired) electrons. The molecule has 1 atom stereocenters. The van der Waals surface area contributed by atoms with E-state index in [1.165, 1.54) is 30.7 Å². The van der Waals surface area contributed by atoms with E-state index in [9.17, 15) is 13.6 Å². The Morgan fingerprint density at radius 3 is 2.46 bits per heavy atom. The molecule has 2 heterocycles. The predicted molar refractivity (Wildman–Crippen MR) is 99.8 cm³/mol. The number of hydrogen-bond donors (Lipinski definition) is 0. The van der Waals surface area contributed by atoms with Crippen LogP contribution < -0.4 is 0 Å². The highest BCUT2D eigenvalue weighted by molar-refractivity contribution is 9.10. The van der Waals surface area contributed by atoms with Gasteiger partial charge in [-0.25, -0.2) is 23.5 Å². The smallest absolute Gasteiger partial charge is 0.429 e. The van der Waals surface area contributed by atoms with Crippen molar-refractivity contribution >= 4 is 22.1 Å². The molecule has 6 nitrogen and oxygen atoms in total. The fraction of sp³-hybridized carbons (Fsp3) is 0.474. The van der Waals surface area contributed by atoms with Crippen LogP contribution in [0.15, 0.2) is 35.2 Å². The quantitative estimate of drug-likeness (QED) is 0.614. The maximum atomic E-state index is 14.6. The van der Waals surface area contributed by atoms with Crippen molar-refractivity contribution in [2.45, 2.75) is 56.9 Å². The van der Waals surface area contributed by atoms with Crippen LogP contribution in [0, 0.1) is 5.82 Å². The van der Waals surface area contributed by atoms with Crippen molar-refractivity contribution in [3.63, 3.8) is 0 Å². The molecule has 1 saturated carbocycles. The Labute approximate surface area is 169 Å². The second-order valence-corrected chi connectivity index (χ2v) is 8.63. The van der Waals surface area contributed by atoms with Crippen molar-refractivity contribution in [2.75, 3.05) is 0 Å². The van der Waals surface area contributed by atoms with Gasteiger partial charge in [0.05, 0.1) is 15.6 Å². The summed E-state index contributed by atoms with van der Waals surface area (Å²) in [4.78, 5) is 24.9. The van der Waals surface area contributed by atoms with E-state index in [1.807, 2.05) is 0 Å². The number of carbonyl (C=O) groups excluding carboxylic acids is 1. The van der Waals surface area contributed by atoms with Crippen LogP contribution in [0.1, 0.15) is 51.2 Å². The van der Waals surface area contributed by atoms with E-state index in [4.69, 9.17) is 9.47 Å². The molecule has 1 fully saturated rings. The first-order valence-corrected chi connectivity index (χ1v) is 9.52. The fourth-order valence-electron chi connectivity index (χ4n) is 3.25. The monoisotopic (exact) mass is 455 g/mol. The normalized spacial score (nSPS) is 22.9. The van der Waals surface area contributed by atoms with Gasteiger partial charge in [0.25, 0.3) is 0 Å². The number of rotatable bonds is 4. The summed E-state index contributed by atoms with van der Waals surface area (Å²) in [6, 6.07) is 2.68. The average Bonchev–Trinajstić information content (AvgIpc) is 2.57. The molecule has 2 aromatic rings. The second-order valence-electron chi connectivity index (χ2n) is 7.72. The van der Waals surface area contributed by atoms with Crippen molar-refractivity contribution < 1.29 is 23.0 Å². The van der Waals surface area contributed by atoms with Crippen molar-refractivity contribution in [1.82, 2.24) is 15.0 Å². The Kier molecular flexibility index (Phi) is 5.65. The number of halogens is 3. The highest BCUT2D eigenvalue weighted by Gasteiger charge is 2.57. The maximum absolute atomic E-state index is 14.6. The zero-order valence-electron chi connectivity index (χ0n) is 15.7. The topological polar surface area (TPSA) is 74.2 Å². The highest BCUT2D eigenvalue weighted by Crippen LogP contribution is 2.54. The van der Waals surface area contributed by atoms with Crippen LogP contribution in [0.3, 0.4) is 0 Å². The average molecular weight is 456 g/mol. The summed E-state index contributed by atoms with van der Waals surface area (Å²) in [5.74, 6) is -0.490. The van der Waals surface area contributed by atoms with Crippen molar-refractivity contribution in [3.05, 3.63) is 52.5 Å². The van der Waals surface area contributed by atoms with E-state index < -0.39 is 35.3 Å². The van der Waals surface area contributed by atoms with Gasteiger partial charge in [-0.05, 0) is 61.7 Å². The van der Waals surface area contributed by atoms with Crippen LogP contribution in [-0.4, -0.2) is 32.9 Å². The largest absolute Gasteiger partial charge is 0.509 e. The van der Waals surface area contributed by atoms with Gasteiger partial charge in [-0.3, -0.25) is 4.98 Å². The van der Waals surface area contributed by atoms with Crippen LogP contribution in [0.25, 0.3) is 0 Å². The van der Waals surface area contributed by atoms with Gasteiger partial charge in [0.15, 0.2) is 11.9 Å². The Bertz CT molecular complexity index is 852. The molecule has 1 aliphatic carbocycles. The summed E-state index contributed by atoms with van der Waals surface area (Å²) in [5, 5.41) is 0. The Hall–Kier alpha value is -2.16.